The molecule has 0 aliphatic carbocycles. The van der Waals surface area contributed by atoms with Crippen LogP contribution in [0.2, 0.25) is 0 Å². The first-order valence-corrected chi connectivity index (χ1v) is 7.63. The van der Waals surface area contributed by atoms with Crippen LogP contribution in [0.3, 0.4) is 0 Å². The van der Waals surface area contributed by atoms with Crippen molar-refractivity contribution in [2.75, 3.05) is 28.4 Å². The summed E-state index contributed by atoms with van der Waals surface area (Å²) in [5, 5.41) is 0.741. The van der Waals surface area contributed by atoms with Crippen LogP contribution in [0.1, 0.15) is 0 Å². The highest BCUT2D eigenvalue weighted by atomic mass is 16.5. The van der Waals surface area contributed by atoms with Crippen molar-refractivity contribution >= 4 is 10.9 Å². The minimum absolute atomic E-state index is 0.215. The molecule has 6 heteroatoms. The molecule has 0 unspecified atom stereocenters. The topological polar surface area (TPSA) is 69.8 Å². The van der Waals surface area contributed by atoms with Gasteiger partial charge in [0.15, 0.2) is 11.5 Å². The van der Waals surface area contributed by atoms with Gasteiger partial charge in [-0.1, -0.05) is 12.1 Å². The van der Waals surface area contributed by atoms with Crippen LogP contribution in [-0.4, -0.2) is 33.4 Å². The van der Waals surface area contributed by atoms with Crippen molar-refractivity contribution < 1.29 is 18.9 Å². The van der Waals surface area contributed by atoms with E-state index in [2.05, 4.69) is 4.98 Å². The predicted molar refractivity (Wildman–Crippen MR) is 96.2 cm³/mol. The van der Waals surface area contributed by atoms with Crippen LogP contribution in [0.25, 0.3) is 22.0 Å². The number of nitrogens with one attached hydrogen (secondary N) is 1. The van der Waals surface area contributed by atoms with Crippen LogP contribution >= 0.6 is 0 Å². The molecule has 0 aliphatic heterocycles. The third-order valence-electron chi connectivity index (χ3n) is 4.03. The summed E-state index contributed by atoms with van der Waals surface area (Å²) in [7, 11) is 6.25. The van der Waals surface area contributed by atoms with Gasteiger partial charge in [-0.05, 0) is 17.7 Å². The second kappa shape index (κ2) is 6.76. The van der Waals surface area contributed by atoms with Crippen molar-refractivity contribution in [3.05, 3.63) is 46.8 Å². The summed E-state index contributed by atoms with van der Waals surface area (Å²) in [5.74, 6) is 2.19. The summed E-state index contributed by atoms with van der Waals surface area (Å²) >= 11 is 0. The minimum Gasteiger partial charge on any atom is -0.497 e. The summed E-state index contributed by atoms with van der Waals surface area (Å²) < 4.78 is 21.6. The largest absolute Gasteiger partial charge is 0.497 e. The minimum atomic E-state index is -0.215. The highest BCUT2D eigenvalue weighted by Gasteiger charge is 2.20. The van der Waals surface area contributed by atoms with Crippen LogP contribution in [-0.2, 0) is 0 Å². The van der Waals surface area contributed by atoms with E-state index >= 15 is 0 Å². The van der Waals surface area contributed by atoms with E-state index in [1.807, 2.05) is 24.3 Å². The maximum atomic E-state index is 12.2. The molecule has 3 rings (SSSR count). The van der Waals surface area contributed by atoms with Gasteiger partial charge in [-0.25, -0.2) is 0 Å². The number of fused-ring (bicyclic) bond motifs is 1. The molecule has 2 aromatic carbocycles. The molecule has 1 heterocycles. The molecule has 0 spiro atoms. The standard InChI is InChI=1S/C19H19NO5/c1-22-12-7-5-11(6-8-12)13-9-16(21)20-14-10-15(23-2)18(24-3)19(25-4)17(13)14/h5-10H,1-4H3,(H,20,21). The molecule has 0 radical (unpaired) electrons. The lowest BCUT2D eigenvalue weighted by molar-refractivity contribution is 0.327. The number of methoxy groups -OCH3 is 4. The molecular weight excluding hydrogens is 322 g/mol. The fraction of sp³-hybridized carbons (Fsp3) is 0.211. The van der Waals surface area contributed by atoms with Crippen molar-refractivity contribution in [2.45, 2.75) is 0 Å². The molecule has 6 nitrogen and oxygen atoms in total. The zero-order valence-corrected chi connectivity index (χ0v) is 14.5. The van der Waals surface area contributed by atoms with Crippen molar-refractivity contribution in [1.29, 1.82) is 0 Å². The number of ether oxygens (including phenoxy) is 4. The molecule has 0 bridgehead atoms. The average Bonchev–Trinajstić information content (AvgIpc) is 2.65. The number of hydrogen-bond donors (Lipinski definition) is 1. The normalized spacial score (nSPS) is 10.6. The summed E-state index contributed by atoms with van der Waals surface area (Å²) in [6, 6.07) is 10.7. The molecule has 1 N–H and O–H groups in total. The monoisotopic (exact) mass is 341 g/mol. The Kier molecular flexibility index (Phi) is 4.52. The molecule has 3 aromatic rings. The van der Waals surface area contributed by atoms with Gasteiger partial charge < -0.3 is 23.9 Å². The SMILES string of the molecule is COc1ccc(-c2cc(=O)[nH]c3cc(OC)c(OC)c(OC)c23)cc1. The Hall–Kier alpha value is -3.15. The van der Waals surface area contributed by atoms with Crippen LogP contribution in [0.5, 0.6) is 23.0 Å². The number of aromatic amines is 1. The molecule has 25 heavy (non-hydrogen) atoms. The van der Waals surface area contributed by atoms with Gasteiger partial charge in [0.25, 0.3) is 0 Å². The van der Waals surface area contributed by atoms with E-state index in [1.165, 1.54) is 7.11 Å². The Labute approximate surface area is 144 Å². The third kappa shape index (κ3) is 2.87. The Morgan fingerprint density at radius 3 is 2.04 bits per heavy atom. The molecule has 0 aliphatic rings. The van der Waals surface area contributed by atoms with Gasteiger partial charge in [-0.15, -0.1) is 0 Å². The number of benzene rings is 2. The van der Waals surface area contributed by atoms with E-state index in [-0.39, 0.29) is 5.56 Å². The fourth-order valence-corrected chi connectivity index (χ4v) is 2.89. The quantitative estimate of drug-likeness (QED) is 0.771. The highest BCUT2D eigenvalue weighted by Crippen LogP contribution is 2.45. The fourth-order valence-electron chi connectivity index (χ4n) is 2.89. The summed E-state index contributed by atoms with van der Waals surface area (Å²) in [6.45, 7) is 0. The lowest BCUT2D eigenvalue weighted by Crippen LogP contribution is -2.07. The number of aromatic nitrogens is 1. The van der Waals surface area contributed by atoms with Crippen LogP contribution < -0.4 is 24.5 Å². The first-order valence-electron chi connectivity index (χ1n) is 7.63. The van der Waals surface area contributed by atoms with Gasteiger partial charge in [0.05, 0.1) is 39.3 Å². The first-order chi connectivity index (χ1) is 12.1. The van der Waals surface area contributed by atoms with Gasteiger partial charge in [0, 0.05) is 17.7 Å². The first kappa shape index (κ1) is 16.7. The Morgan fingerprint density at radius 2 is 1.48 bits per heavy atom. The van der Waals surface area contributed by atoms with Crippen LogP contribution in [0.4, 0.5) is 0 Å². The van der Waals surface area contributed by atoms with Crippen molar-refractivity contribution in [1.82, 2.24) is 4.98 Å². The van der Waals surface area contributed by atoms with E-state index in [1.54, 1.807) is 33.5 Å². The molecule has 0 fully saturated rings. The second-order valence-electron chi connectivity index (χ2n) is 5.34. The van der Waals surface area contributed by atoms with Crippen LogP contribution in [0, 0.1) is 0 Å². The Bertz CT molecular complexity index is 960. The molecule has 0 saturated carbocycles. The smallest absolute Gasteiger partial charge is 0.249 e. The Morgan fingerprint density at radius 1 is 0.800 bits per heavy atom. The van der Waals surface area contributed by atoms with Gasteiger partial charge in [0.1, 0.15) is 5.75 Å². The lowest BCUT2D eigenvalue weighted by atomic mass is 9.99. The molecule has 130 valence electrons. The van der Waals surface area contributed by atoms with Crippen molar-refractivity contribution in [3.8, 4) is 34.1 Å². The highest BCUT2D eigenvalue weighted by molar-refractivity contribution is 6.01. The number of hydrogen-bond acceptors (Lipinski definition) is 5. The maximum Gasteiger partial charge on any atom is 0.249 e. The zero-order valence-electron chi connectivity index (χ0n) is 14.5. The molecule has 1 aromatic heterocycles. The van der Waals surface area contributed by atoms with E-state index < -0.39 is 0 Å². The molecular formula is C19H19NO5. The lowest BCUT2D eigenvalue weighted by Gasteiger charge is -2.17. The van der Waals surface area contributed by atoms with Crippen LogP contribution in [0.15, 0.2) is 41.2 Å². The summed E-state index contributed by atoms with van der Waals surface area (Å²) in [4.78, 5) is 15.0. The van der Waals surface area contributed by atoms with Gasteiger partial charge in [0.2, 0.25) is 11.3 Å². The van der Waals surface area contributed by atoms with Gasteiger partial charge in [-0.3, -0.25) is 4.79 Å². The van der Waals surface area contributed by atoms with E-state index in [4.69, 9.17) is 18.9 Å². The van der Waals surface area contributed by atoms with Crippen molar-refractivity contribution in [2.24, 2.45) is 0 Å². The summed E-state index contributed by atoms with van der Waals surface area (Å²) in [6.07, 6.45) is 0. The van der Waals surface area contributed by atoms with E-state index in [0.717, 1.165) is 22.3 Å². The maximum absolute atomic E-state index is 12.2. The second-order valence-corrected chi connectivity index (χ2v) is 5.34. The van der Waals surface area contributed by atoms with E-state index in [9.17, 15) is 4.79 Å². The number of H-pyrrole nitrogens is 1. The van der Waals surface area contributed by atoms with E-state index in [0.29, 0.717) is 22.8 Å². The summed E-state index contributed by atoms with van der Waals surface area (Å²) in [5.41, 5.74) is 1.99. The van der Waals surface area contributed by atoms with Gasteiger partial charge >= 0.3 is 0 Å². The predicted octanol–water partition coefficient (Wildman–Crippen LogP) is 3.23. The third-order valence-corrected chi connectivity index (χ3v) is 4.03. The average molecular weight is 341 g/mol. The number of rotatable bonds is 5. The number of pyridine rings is 1. The Balaban J connectivity index is 2.39. The van der Waals surface area contributed by atoms with Gasteiger partial charge in [-0.2, -0.15) is 0 Å². The zero-order chi connectivity index (χ0) is 18.0. The molecule has 0 atom stereocenters. The van der Waals surface area contributed by atoms with Crippen molar-refractivity contribution in [3.63, 3.8) is 0 Å². The molecule has 0 amide bonds. The molecule has 0 saturated heterocycles.